The molecule has 0 spiro atoms. The predicted octanol–water partition coefficient (Wildman–Crippen LogP) is 1.92. The molecule has 0 bridgehead atoms. The van der Waals surface area contributed by atoms with Crippen LogP contribution in [0.5, 0.6) is 0 Å². The van der Waals surface area contributed by atoms with Gasteiger partial charge in [0.25, 0.3) is 0 Å². The van der Waals surface area contributed by atoms with Gasteiger partial charge in [-0.2, -0.15) is 26.3 Å². The first-order valence-corrected chi connectivity index (χ1v) is 4.63. The molecule has 2 N–H and O–H groups in total. The summed E-state index contributed by atoms with van der Waals surface area (Å²) in [5.41, 5.74) is -6.15. The van der Waals surface area contributed by atoms with Gasteiger partial charge in [0, 0.05) is 5.56 Å². The third-order valence-corrected chi connectivity index (χ3v) is 2.11. The second-order valence-corrected chi connectivity index (χ2v) is 3.53. The Morgan fingerprint density at radius 3 is 1.53 bits per heavy atom. The Kier molecular flexibility index (Phi) is 3.96. The Bertz CT molecular complexity index is 461. The van der Waals surface area contributed by atoms with Gasteiger partial charge in [-0.15, -0.1) is 0 Å². The number of carbonyl (C=O) groups excluding carboxylic acids is 1. The number of halogens is 6. The molecule has 0 aliphatic rings. The second kappa shape index (κ2) is 4.85. The van der Waals surface area contributed by atoms with E-state index in [1.54, 1.807) is 0 Å². The fourth-order valence-corrected chi connectivity index (χ4v) is 1.25. The lowest BCUT2D eigenvalue weighted by atomic mass is 9.79. The van der Waals surface area contributed by atoms with Crippen LogP contribution in [0.25, 0.3) is 0 Å². The molecule has 0 aliphatic carbocycles. The maximum atomic E-state index is 12.4. The van der Waals surface area contributed by atoms with Crippen molar-refractivity contribution in [2.45, 2.75) is 12.4 Å². The molecule has 0 heterocycles. The Balaban J connectivity index is 3.46. The van der Waals surface area contributed by atoms with E-state index in [1.807, 2.05) is 0 Å². The van der Waals surface area contributed by atoms with Gasteiger partial charge in [-0.3, -0.25) is 4.79 Å². The smallest absolute Gasteiger partial charge is 0.421 e. The molecule has 1 aromatic rings. The Hall–Kier alpha value is -1.55. The van der Waals surface area contributed by atoms with E-state index in [-0.39, 0.29) is 18.2 Å². The molecule has 1 aromatic carbocycles. The molecule has 0 atom stereocenters. The zero-order valence-corrected chi connectivity index (χ0v) is 8.88. The monoisotopic (exact) mass is 286 g/mol. The lowest BCUT2D eigenvalue weighted by molar-refractivity contribution is -0.143. The fraction of sp³-hybridized carbons (Fsp3) is 0.222. The molecule has 0 saturated carbocycles. The summed E-state index contributed by atoms with van der Waals surface area (Å²) in [7, 11) is -2.69. The molecule has 0 unspecified atom stereocenters. The molecular weight excluding hydrogens is 281 g/mol. The average Bonchev–Trinajstić information content (AvgIpc) is 2.24. The van der Waals surface area contributed by atoms with Crippen molar-refractivity contribution in [3.63, 3.8) is 0 Å². The molecule has 0 saturated heterocycles. The Morgan fingerprint density at radius 1 is 0.895 bits per heavy atom. The number of rotatable bonds is 2. The van der Waals surface area contributed by atoms with Crippen molar-refractivity contribution in [1.82, 2.24) is 0 Å². The van der Waals surface area contributed by atoms with E-state index in [2.05, 4.69) is 0 Å². The van der Waals surface area contributed by atoms with Gasteiger partial charge in [0.05, 0.1) is 11.1 Å². The number of hydrogen-bond donors (Lipinski definition) is 2. The number of benzene rings is 1. The van der Waals surface area contributed by atoms with E-state index in [1.165, 1.54) is 0 Å². The minimum absolute atomic E-state index is 0.122. The highest BCUT2D eigenvalue weighted by Crippen LogP contribution is 2.36. The summed E-state index contributed by atoms with van der Waals surface area (Å²) in [6.45, 7) is 0. The van der Waals surface area contributed by atoms with Crippen LogP contribution < -0.4 is 0 Å². The topological polar surface area (TPSA) is 57.5 Å². The summed E-state index contributed by atoms with van der Waals surface area (Å²) in [5.74, 6) is 0. The first-order chi connectivity index (χ1) is 8.43. The quantitative estimate of drug-likeness (QED) is 0.645. The average molecular weight is 286 g/mol. The van der Waals surface area contributed by atoms with Crippen molar-refractivity contribution in [3.8, 4) is 0 Å². The van der Waals surface area contributed by atoms with Crippen LogP contribution in [-0.2, 0) is 12.4 Å². The molecule has 10 heteroatoms. The van der Waals surface area contributed by atoms with E-state index < -0.39 is 41.8 Å². The van der Waals surface area contributed by atoms with Gasteiger partial charge < -0.3 is 10.0 Å². The number of carbonyl (C=O) groups is 1. The maximum absolute atomic E-state index is 12.4. The molecule has 19 heavy (non-hydrogen) atoms. The van der Waals surface area contributed by atoms with Crippen molar-refractivity contribution >= 4 is 12.8 Å². The zero-order chi connectivity index (χ0) is 15.0. The van der Waals surface area contributed by atoms with Gasteiger partial charge in [-0.1, -0.05) is 0 Å². The van der Waals surface area contributed by atoms with Crippen LogP contribution >= 0.6 is 0 Å². The number of alkyl halides is 6. The van der Waals surface area contributed by atoms with Crippen molar-refractivity contribution in [2.24, 2.45) is 0 Å². The minimum Gasteiger partial charge on any atom is -0.421 e. The zero-order valence-electron chi connectivity index (χ0n) is 8.88. The first kappa shape index (κ1) is 15.5. The normalized spacial score (nSPS) is 12.4. The molecule has 0 aromatic heterocycles. The molecule has 1 rings (SSSR count). The van der Waals surface area contributed by atoms with Crippen LogP contribution in [0.2, 0.25) is 0 Å². The van der Waals surface area contributed by atoms with Crippen LogP contribution in [0.15, 0.2) is 18.2 Å². The molecule has 0 fully saturated rings. The number of hydrogen-bond acceptors (Lipinski definition) is 3. The third kappa shape index (κ3) is 3.71. The first-order valence-electron chi connectivity index (χ1n) is 4.63. The van der Waals surface area contributed by atoms with E-state index in [4.69, 9.17) is 10.0 Å². The molecular formula is C9H5BF6O3. The van der Waals surface area contributed by atoms with E-state index in [9.17, 15) is 31.1 Å². The summed E-state index contributed by atoms with van der Waals surface area (Å²) in [5, 5.41) is 17.0. The third-order valence-electron chi connectivity index (χ3n) is 2.11. The van der Waals surface area contributed by atoms with Crippen LogP contribution in [-0.4, -0.2) is 22.8 Å². The maximum Gasteiger partial charge on any atom is 0.532 e. The van der Waals surface area contributed by atoms with Gasteiger partial charge in [0.1, 0.15) is 0 Å². The van der Waals surface area contributed by atoms with Crippen LogP contribution in [0.4, 0.5) is 26.3 Å². The fourth-order valence-electron chi connectivity index (χ4n) is 1.25. The lowest BCUT2D eigenvalue weighted by Crippen LogP contribution is -2.26. The summed E-state index contributed by atoms with van der Waals surface area (Å²) in [6.07, 6.45) is -10.2. The van der Waals surface area contributed by atoms with Crippen molar-refractivity contribution < 1.29 is 41.2 Å². The molecule has 3 nitrogen and oxygen atoms in total. The Morgan fingerprint density at radius 2 is 1.26 bits per heavy atom. The van der Waals surface area contributed by atoms with Gasteiger partial charge in [-0.05, 0) is 18.2 Å². The highest BCUT2D eigenvalue weighted by Gasteiger charge is 2.38. The van der Waals surface area contributed by atoms with Crippen molar-refractivity contribution in [2.75, 3.05) is 0 Å². The molecule has 0 aliphatic heterocycles. The van der Waals surface area contributed by atoms with E-state index in [0.29, 0.717) is 0 Å². The van der Waals surface area contributed by atoms with Gasteiger partial charge in [-0.25, -0.2) is 0 Å². The van der Waals surface area contributed by atoms with Gasteiger partial charge in [0.15, 0.2) is 5.68 Å². The van der Waals surface area contributed by atoms with E-state index in [0.717, 1.165) is 0 Å². The van der Waals surface area contributed by atoms with Crippen LogP contribution in [0.1, 0.15) is 21.5 Å². The highest BCUT2D eigenvalue weighted by atomic mass is 19.4. The lowest BCUT2D eigenvalue weighted by Gasteiger charge is -2.13. The SMILES string of the molecule is O=C(B(O)O)c1cc(C(F)(F)F)cc(C(F)(F)F)c1. The predicted molar refractivity (Wildman–Crippen MR) is 51.0 cm³/mol. The van der Waals surface area contributed by atoms with Crippen molar-refractivity contribution in [3.05, 3.63) is 34.9 Å². The standard InChI is InChI=1S/C9H5BF6O3/c11-8(12,13)5-1-4(7(17)10(18)19)2-6(3-5)9(14,15)16/h1-3,18-19H. The Labute approximate surface area is 102 Å². The van der Waals surface area contributed by atoms with Gasteiger partial charge in [0.2, 0.25) is 0 Å². The summed E-state index contributed by atoms with van der Waals surface area (Å²) in [4.78, 5) is 11.1. The molecule has 0 amide bonds. The second-order valence-electron chi connectivity index (χ2n) is 3.53. The summed E-state index contributed by atoms with van der Waals surface area (Å²) >= 11 is 0. The molecule has 0 radical (unpaired) electrons. The van der Waals surface area contributed by atoms with Gasteiger partial charge >= 0.3 is 19.5 Å². The summed E-state index contributed by atoms with van der Waals surface area (Å²) in [6, 6.07) is 0.0779. The van der Waals surface area contributed by atoms with Crippen LogP contribution in [0.3, 0.4) is 0 Å². The molecule has 104 valence electrons. The van der Waals surface area contributed by atoms with Crippen molar-refractivity contribution in [1.29, 1.82) is 0 Å². The largest absolute Gasteiger partial charge is 0.532 e. The highest BCUT2D eigenvalue weighted by molar-refractivity contribution is 6.81. The van der Waals surface area contributed by atoms with Crippen LogP contribution in [0, 0.1) is 0 Å². The van der Waals surface area contributed by atoms with E-state index >= 15 is 0 Å². The minimum atomic E-state index is -5.10. The summed E-state index contributed by atoms with van der Waals surface area (Å²) < 4.78 is 74.4.